The highest BCUT2D eigenvalue weighted by atomic mass is 32.3. The number of likely N-dealkylation sites (tertiary alicyclic amines) is 1. The Morgan fingerprint density at radius 3 is 2.23 bits per heavy atom. The first-order valence-electron chi connectivity index (χ1n) is 6.44. The molecule has 1 aliphatic heterocycles. The van der Waals surface area contributed by atoms with E-state index < -0.39 is 66.7 Å². The van der Waals surface area contributed by atoms with Gasteiger partial charge in [-0.15, -0.1) is 0 Å². The van der Waals surface area contributed by atoms with Gasteiger partial charge in [-0.3, -0.25) is 9.45 Å². The number of hydrogen-bond donors (Lipinski definition) is 7. The van der Waals surface area contributed by atoms with Crippen LogP contribution >= 0.6 is 0 Å². The summed E-state index contributed by atoms with van der Waals surface area (Å²) in [6, 6.07) is -1.10. The maximum Gasteiger partial charge on any atom is 0.397 e. The van der Waals surface area contributed by atoms with Crippen molar-refractivity contribution in [1.82, 2.24) is 4.90 Å². The largest absolute Gasteiger partial charge is 0.397 e. The van der Waals surface area contributed by atoms with Crippen LogP contribution in [0.5, 0.6) is 0 Å². The molecule has 1 fully saturated rings. The monoisotopic (exact) mass is 347 g/mol. The molecule has 0 bridgehead atoms. The van der Waals surface area contributed by atoms with Gasteiger partial charge in [-0.1, -0.05) is 0 Å². The Morgan fingerprint density at radius 2 is 1.77 bits per heavy atom. The summed E-state index contributed by atoms with van der Waals surface area (Å²) in [6.45, 7) is -2.18. The molecular weight excluding hydrogens is 326 g/mol. The summed E-state index contributed by atoms with van der Waals surface area (Å²) in [5.41, 5.74) is 0. The molecule has 1 heterocycles. The second-order valence-corrected chi connectivity index (χ2v) is 6.11. The fourth-order valence-corrected chi connectivity index (χ4v) is 2.92. The van der Waals surface area contributed by atoms with E-state index in [1.165, 1.54) is 4.90 Å². The minimum Gasteiger partial charge on any atom is -0.394 e. The van der Waals surface area contributed by atoms with Crippen LogP contribution in [-0.2, 0) is 14.6 Å². The highest BCUT2D eigenvalue weighted by Gasteiger charge is 2.44. The first kappa shape index (κ1) is 19.6. The number of aliphatic hydroxyl groups excluding tert-OH is 6. The molecule has 6 atom stereocenters. The molecule has 0 aliphatic carbocycles. The van der Waals surface area contributed by atoms with Crippen LogP contribution in [0, 0.1) is 0 Å². The van der Waals surface area contributed by atoms with Gasteiger partial charge in [0.1, 0.15) is 6.10 Å². The van der Waals surface area contributed by atoms with E-state index in [0.717, 1.165) is 0 Å². The van der Waals surface area contributed by atoms with E-state index >= 15 is 0 Å². The number of β-amino-alcohol motifs (C(OH)–C–C–N with tert-alkyl or cyclic N) is 2. The lowest BCUT2D eigenvalue weighted by Crippen LogP contribution is -2.51. The Hall–Kier alpha value is -0.410. The lowest BCUT2D eigenvalue weighted by atomic mass is 10.0. The topological polar surface area (TPSA) is 188 Å². The van der Waals surface area contributed by atoms with Gasteiger partial charge in [-0.05, 0) is 0 Å². The van der Waals surface area contributed by atoms with Gasteiger partial charge in [0.25, 0.3) is 0 Å². The molecule has 7 N–H and O–H groups in total. The van der Waals surface area contributed by atoms with Crippen LogP contribution in [0.3, 0.4) is 0 Å². The first-order chi connectivity index (χ1) is 10.1. The molecule has 1 rings (SSSR count). The molecule has 0 spiro atoms. The van der Waals surface area contributed by atoms with Crippen molar-refractivity contribution in [2.24, 2.45) is 0 Å². The summed E-state index contributed by atoms with van der Waals surface area (Å²) in [7, 11) is -4.90. The molecular formula is C10H21NO10S. The second kappa shape index (κ2) is 7.92. The molecule has 0 aromatic heterocycles. The van der Waals surface area contributed by atoms with Crippen LogP contribution in [-0.4, -0.2) is 111 Å². The van der Waals surface area contributed by atoms with E-state index in [4.69, 9.17) is 14.8 Å². The third-order valence-corrected chi connectivity index (χ3v) is 3.93. The fraction of sp³-hybridized carbons (Fsp3) is 1.00. The lowest BCUT2D eigenvalue weighted by Gasteiger charge is -2.31. The summed E-state index contributed by atoms with van der Waals surface area (Å²) in [4.78, 5) is 1.22. The molecule has 0 aromatic carbocycles. The minimum atomic E-state index is -4.90. The van der Waals surface area contributed by atoms with Crippen molar-refractivity contribution < 1.29 is 47.8 Å². The normalized spacial score (nSPS) is 31.1. The van der Waals surface area contributed by atoms with E-state index in [1.807, 2.05) is 0 Å². The van der Waals surface area contributed by atoms with Crippen LogP contribution < -0.4 is 0 Å². The SMILES string of the molecule is O=S(=O)(O)O[C@@H](CO)[C@H](O)CN1C[C@H](O)[C@@H](O)[C@@H]1[C@@H](O)CO. The Balaban J connectivity index is 2.77. The van der Waals surface area contributed by atoms with Gasteiger partial charge in [0.05, 0.1) is 43.7 Å². The summed E-state index contributed by atoms with van der Waals surface area (Å²) in [5.74, 6) is 0. The van der Waals surface area contributed by atoms with Crippen molar-refractivity contribution in [2.75, 3.05) is 26.3 Å². The molecule has 132 valence electrons. The smallest absolute Gasteiger partial charge is 0.394 e. The number of nitrogens with zero attached hydrogens (tertiary/aromatic N) is 1. The molecule has 0 radical (unpaired) electrons. The number of hydrogen-bond acceptors (Lipinski definition) is 10. The van der Waals surface area contributed by atoms with Crippen molar-refractivity contribution in [3.8, 4) is 0 Å². The zero-order valence-electron chi connectivity index (χ0n) is 11.5. The predicted molar refractivity (Wildman–Crippen MR) is 70.0 cm³/mol. The lowest BCUT2D eigenvalue weighted by molar-refractivity contribution is -0.0538. The van der Waals surface area contributed by atoms with Crippen molar-refractivity contribution in [2.45, 2.75) is 36.6 Å². The van der Waals surface area contributed by atoms with Crippen LogP contribution in [0.15, 0.2) is 0 Å². The molecule has 11 nitrogen and oxygen atoms in total. The average molecular weight is 347 g/mol. The standard InChI is InChI=1S/C10H21NO10S/c12-3-7(16)9-10(17)6(15)2-11(9)1-5(14)8(4-13)21-22(18,19)20/h5-10,12-17H,1-4H2,(H,18,19,20)/t5-,6+,7+,8+,9+,10-/m1/s1. The van der Waals surface area contributed by atoms with Crippen LogP contribution in [0.1, 0.15) is 0 Å². The molecule has 0 amide bonds. The van der Waals surface area contributed by atoms with Crippen molar-refractivity contribution in [3.63, 3.8) is 0 Å². The number of aliphatic hydroxyl groups is 6. The molecule has 22 heavy (non-hydrogen) atoms. The molecule has 0 saturated carbocycles. The quantitative estimate of drug-likeness (QED) is 0.209. The van der Waals surface area contributed by atoms with E-state index in [2.05, 4.69) is 4.18 Å². The Bertz CT molecular complexity index is 445. The molecule has 0 unspecified atom stereocenters. The Labute approximate surface area is 126 Å². The average Bonchev–Trinajstić information content (AvgIpc) is 2.69. The Morgan fingerprint density at radius 1 is 1.18 bits per heavy atom. The van der Waals surface area contributed by atoms with Gasteiger partial charge in [-0.25, -0.2) is 4.18 Å². The fourth-order valence-electron chi connectivity index (χ4n) is 2.42. The Kier molecular flexibility index (Phi) is 7.07. The van der Waals surface area contributed by atoms with Crippen LogP contribution in [0.25, 0.3) is 0 Å². The summed E-state index contributed by atoms with van der Waals surface area (Å²) < 4.78 is 33.9. The van der Waals surface area contributed by atoms with E-state index in [1.54, 1.807) is 0 Å². The third-order valence-electron chi connectivity index (χ3n) is 3.44. The maximum atomic E-state index is 10.6. The van der Waals surface area contributed by atoms with Crippen LogP contribution in [0.2, 0.25) is 0 Å². The highest BCUT2D eigenvalue weighted by Crippen LogP contribution is 2.22. The molecule has 12 heteroatoms. The third kappa shape index (κ3) is 5.06. The van der Waals surface area contributed by atoms with Gasteiger partial charge in [0, 0.05) is 13.1 Å². The minimum absolute atomic E-state index is 0.163. The molecule has 1 aliphatic rings. The van der Waals surface area contributed by atoms with Gasteiger partial charge in [-0.2, -0.15) is 8.42 Å². The zero-order chi connectivity index (χ0) is 17.1. The maximum absolute atomic E-state index is 10.6. The van der Waals surface area contributed by atoms with Gasteiger partial charge >= 0.3 is 10.4 Å². The number of rotatable bonds is 8. The van der Waals surface area contributed by atoms with Crippen molar-refractivity contribution in [1.29, 1.82) is 0 Å². The highest BCUT2D eigenvalue weighted by molar-refractivity contribution is 7.80. The molecule has 0 aromatic rings. The van der Waals surface area contributed by atoms with E-state index in [-0.39, 0.29) is 6.54 Å². The van der Waals surface area contributed by atoms with Gasteiger partial charge < -0.3 is 30.6 Å². The van der Waals surface area contributed by atoms with Crippen LogP contribution in [0.4, 0.5) is 0 Å². The summed E-state index contributed by atoms with van der Waals surface area (Å²) in [5, 5.41) is 56.8. The van der Waals surface area contributed by atoms with E-state index in [0.29, 0.717) is 0 Å². The predicted octanol–water partition coefficient (Wildman–Crippen LogP) is -4.71. The first-order valence-corrected chi connectivity index (χ1v) is 7.81. The second-order valence-electron chi connectivity index (χ2n) is 5.06. The van der Waals surface area contributed by atoms with Crippen molar-refractivity contribution in [3.05, 3.63) is 0 Å². The van der Waals surface area contributed by atoms with Gasteiger partial charge in [0.2, 0.25) is 0 Å². The summed E-state index contributed by atoms with van der Waals surface area (Å²) in [6.07, 6.45) is -7.32. The van der Waals surface area contributed by atoms with E-state index in [9.17, 15) is 28.8 Å². The molecule has 1 saturated heterocycles. The zero-order valence-corrected chi connectivity index (χ0v) is 12.3. The summed E-state index contributed by atoms with van der Waals surface area (Å²) >= 11 is 0. The van der Waals surface area contributed by atoms with Crippen molar-refractivity contribution >= 4 is 10.4 Å². The van der Waals surface area contributed by atoms with Gasteiger partial charge in [0.15, 0.2) is 0 Å².